The van der Waals surface area contributed by atoms with E-state index in [-0.39, 0.29) is 18.2 Å². The first-order valence-corrected chi connectivity index (χ1v) is 4.35. The highest BCUT2D eigenvalue weighted by atomic mass is 19.1. The van der Waals surface area contributed by atoms with E-state index in [0.717, 1.165) is 0 Å². The molecule has 0 aliphatic carbocycles. The summed E-state index contributed by atoms with van der Waals surface area (Å²) in [4.78, 5) is 11.4. The minimum atomic E-state index is -0.251. The molecule has 1 rings (SSSR count). The molecule has 0 amide bonds. The Labute approximate surface area is 82.7 Å². The molecule has 0 unspecified atom stereocenters. The van der Waals surface area contributed by atoms with Gasteiger partial charge in [0.1, 0.15) is 12.4 Å². The third-order valence-corrected chi connectivity index (χ3v) is 2.03. The van der Waals surface area contributed by atoms with Crippen molar-refractivity contribution in [3.8, 4) is 0 Å². The predicted molar refractivity (Wildman–Crippen MR) is 52.1 cm³/mol. The fourth-order valence-electron chi connectivity index (χ4n) is 1.32. The Morgan fingerprint density at radius 1 is 1.36 bits per heavy atom. The van der Waals surface area contributed by atoms with Crippen LogP contribution in [-0.2, 0) is 4.74 Å². The topological polar surface area (TPSA) is 26.3 Å². The molecule has 2 nitrogen and oxygen atoms in total. The number of rotatable bonds is 3. The minimum absolute atomic E-state index is 0.0323. The van der Waals surface area contributed by atoms with Crippen LogP contribution >= 0.6 is 0 Å². The lowest BCUT2D eigenvalue weighted by Gasteiger charge is -2.05. The van der Waals surface area contributed by atoms with Gasteiger partial charge in [-0.15, -0.1) is 0 Å². The van der Waals surface area contributed by atoms with Crippen LogP contribution < -0.4 is 0 Å². The van der Waals surface area contributed by atoms with Gasteiger partial charge >= 0.3 is 0 Å². The molecule has 1 aromatic carbocycles. The molecule has 0 heterocycles. The zero-order valence-corrected chi connectivity index (χ0v) is 8.56. The maximum Gasteiger partial charge on any atom is 0.188 e. The normalized spacial score (nSPS) is 10.3. The number of hydrogen-bond donors (Lipinski definition) is 0. The standard InChI is InChI=1S/C11H13FO2/c1-7-4-9(10(13)6-14-3)5-8(2)11(7)12/h4-5H,6H2,1-3H3. The summed E-state index contributed by atoms with van der Waals surface area (Å²) >= 11 is 0. The molecule has 0 saturated carbocycles. The molecule has 0 aliphatic heterocycles. The second-order valence-corrected chi connectivity index (χ2v) is 3.28. The van der Waals surface area contributed by atoms with Gasteiger partial charge < -0.3 is 4.74 Å². The average Bonchev–Trinajstić information content (AvgIpc) is 2.13. The van der Waals surface area contributed by atoms with Crippen LogP contribution in [0.4, 0.5) is 4.39 Å². The summed E-state index contributed by atoms with van der Waals surface area (Å²) in [5.41, 5.74) is 1.48. The molecule has 0 aromatic heterocycles. The van der Waals surface area contributed by atoms with E-state index in [2.05, 4.69) is 0 Å². The van der Waals surface area contributed by atoms with E-state index in [0.29, 0.717) is 16.7 Å². The molecule has 0 N–H and O–H groups in total. The lowest BCUT2D eigenvalue weighted by atomic mass is 10.0. The first-order valence-electron chi connectivity index (χ1n) is 4.35. The molecule has 0 fully saturated rings. The third kappa shape index (κ3) is 2.17. The van der Waals surface area contributed by atoms with Crippen molar-refractivity contribution in [3.63, 3.8) is 0 Å². The summed E-state index contributed by atoms with van der Waals surface area (Å²) in [5.74, 6) is -0.377. The number of halogens is 1. The molecule has 1 aromatic rings. The Bertz CT molecular complexity index is 335. The quantitative estimate of drug-likeness (QED) is 0.693. The summed E-state index contributed by atoms with van der Waals surface area (Å²) in [7, 11) is 1.46. The first kappa shape index (κ1) is 10.9. The van der Waals surface area contributed by atoms with Crippen LogP contribution in [0.3, 0.4) is 0 Å². The predicted octanol–water partition coefficient (Wildman–Crippen LogP) is 2.27. The van der Waals surface area contributed by atoms with E-state index >= 15 is 0 Å². The zero-order valence-electron chi connectivity index (χ0n) is 8.56. The van der Waals surface area contributed by atoms with Gasteiger partial charge in [0.2, 0.25) is 0 Å². The van der Waals surface area contributed by atoms with Crippen LogP contribution in [0.1, 0.15) is 21.5 Å². The van der Waals surface area contributed by atoms with Crippen molar-refractivity contribution in [1.82, 2.24) is 0 Å². The molecule has 3 heteroatoms. The van der Waals surface area contributed by atoms with Crippen molar-refractivity contribution in [3.05, 3.63) is 34.6 Å². The van der Waals surface area contributed by atoms with Crippen molar-refractivity contribution >= 4 is 5.78 Å². The van der Waals surface area contributed by atoms with Gasteiger partial charge in [-0.1, -0.05) is 0 Å². The summed E-state index contributed by atoms with van der Waals surface area (Å²) in [6, 6.07) is 3.09. The summed E-state index contributed by atoms with van der Waals surface area (Å²) in [5, 5.41) is 0. The van der Waals surface area contributed by atoms with E-state index in [9.17, 15) is 9.18 Å². The van der Waals surface area contributed by atoms with Gasteiger partial charge in [0, 0.05) is 12.7 Å². The Morgan fingerprint density at radius 2 is 1.86 bits per heavy atom. The number of ether oxygens (including phenoxy) is 1. The van der Waals surface area contributed by atoms with E-state index in [1.807, 2.05) is 0 Å². The van der Waals surface area contributed by atoms with Crippen molar-refractivity contribution in [1.29, 1.82) is 0 Å². The molecule has 0 atom stereocenters. The Hall–Kier alpha value is -1.22. The van der Waals surface area contributed by atoms with Gasteiger partial charge in [0.15, 0.2) is 5.78 Å². The fraction of sp³-hybridized carbons (Fsp3) is 0.364. The van der Waals surface area contributed by atoms with Crippen LogP contribution in [0.15, 0.2) is 12.1 Å². The molecule has 0 bridgehead atoms. The molecule has 76 valence electrons. The lowest BCUT2D eigenvalue weighted by Crippen LogP contribution is -2.08. The third-order valence-electron chi connectivity index (χ3n) is 2.03. The van der Waals surface area contributed by atoms with E-state index in [4.69, 9.17) is 4.74 Å². The largest absolute Gasteiger partial charge is 0.377 e. The van der Waals surface area contributed by atoms with Gasteiger partial charge in [0.25, 0.3) is 0 Å². The Kier molecular flexibility index (Phi) is 3.36. The monoisotopic (exact) mass is 196 g/mol. The van der Waals surface area contributed by atoms with Crippen LogP contribution in [0.5, 0.6) is 0 Å². The second-order valence-electron chi connectivity index (χ2n) is 3.28. The highest BCUT2D eigenvalue weighted by Crippen LogP contribution is 2.15. The SMILES string of the molecule is COCC(=O)c1cc(C)c(F)c(C)c1. The summed E-state index contributed by atoms with van der Waals surface area (Å²) in [6.07, 6.45) is 0. The first-order chi connectivity index (χ1) is 6.56. The number of ketones is 1. The van der Waals surface area contributed by atoms with E-state index in [1.165, 1.54) is 7.11 Å². The van der Waals surface area contributed by atoms with Crippen molar-refractivity contribution in [2.75, 3.05) is 13.7 Å². The van der Waals surface area contributed by atoms with E-state index < -0.39 is 0 Å². The number of carbonyl (C=O) groups excluding carboxylic acids is 1. The van der Waals surface area contributed by atoms with Crippen LogP contribution in [0, 0.1) is 19.7 Å². The number of carbonyl (C=O) groups is 1. The number of Topliss-reactive ketones (excluding diaryl/α,β-unsaturated/α-hetero) is 1. The van der Waals surface area contributed by atoms with Gasteiger partial charge in [-0.2, -0.15) is 0 Å². The molecule has 0 radical (unpaired) electrons. The number of aryl methyl sites for hydroxylation is 2. The summed E-state index contributed by atoms with van der Waals surface area (Å²) in [6.45, 7) is 3.32. The van der Waals surface area contributed by atoms with Crippen LogP contribution in [0.2, 0.25) is 0 Å². The van der Waals surface area contributed by atoms with Crippen molar-refractivity contribution < 1.29 is 13.9 Å². The van der Waals surface area contributed by atoms with Crippen LogP contribution in [0.25, 0.3) is 0 Å². The maximum atomic E-state index is 13.2. The fourth-order valence-corrected chi connectivity index (χ4v) is 1.32. The minimum Gasteiger partial charge on any atom is -0.377 e. The van der Waals surface area contributed by atoms with Gasteiger partial charge in [-0.05, 0) is 37.1 Å². The Balaban J connectivity index is 3.06. The molecule has 0 aliphatic rings. The summed E-state index contributed by atoms with van der Waals surface area (Å²) < 4.78 is 17.9. The highest BCUT2D eigenvalue weighted by molar-refractivity contribution is 5.97. The van der Waals surface area contributed by atoms with Gasteiger partial charge in [0.05, 0.1) is 0 Å². The maximum absolute atomic E-state index is 13.2. The zero-order chi connectivity index (χ0) is 10.7. The molecule has 0 saturated heterocycles. The van der Waals surface area contributed by atoms with Gasteiger partial charge in [-0.3, -0.25) is 4.79 Å². The highest BCUT2D eigenvalue weighted by Gasteiger charge is 2.09. The smallest absolute Gasteiger partial charge is 0.188 e. The molecule has 14 heavy (non-hydrogen) atoms. The van der Waals surface area contributed by atoms with Crippen molar-refractivity contribution in [2.45, 2.75) is 13.8 Å². The Morgan fingerprint density at radius 3 is 2.29 bits per heavy atom. The molecule has 0 spiro atoms. The second kappa shape index (κ2) is 4.33. The van der Waals surface area contributed by atoms with Gasteiger partial charge in [-0.25, -0.2) is 4.39 Å². The van der Waals surface area contributed by atoms with E-state index in [1.54, 1.807) is 26.0 Å². The lowest BCUT2D eigenvalue weighted by molar-refractivity contribution is 0.0848. The number of hydrogen-bond acceptors (Lipinski definition) is 2. The van der Waals surface area contributed by atoms with Crippen LogP contribution in [-0.4, -0.2) is 19.5 Å². The molecular weight excluding hydrogens is 183 g/mol. The number of benzene rings is 1. The average molecular weight is 196 g/mol. The van der Waals surface area contributed by atoms with Crippen molar-refractivity contribution in [2.24, 2.45) is 0 Å². The molecular formula is C11H13FO2. The number of methoxy groups -OCH3 is 1.